The zero-order valence-corrected chi connectivity index (χ0v) is 9.72. The van der Waals surface area contributed by atoms with E-state index in [2.05, 4.69) is 4.98 Å². The Morgan fingerprint density at radius 1 is 1.64 bits per heavy atom. The van der Waals surface area contributed by atoms with Crippen molar-refractivity contribution in [3.8, 4) is 0 Å². The first kappa shape index (κ1) is 11.8. The predicted molar refractivity (Wildman–Crippen MR) is 56.9 cm³/mol. The lowest BCUT2D eigenvalue weighted by atomic mass is 10.2. The molecule has 1 heterocycles. The number of carbonyl (C=O) groups is 1. The summed E-state index contributed by atoms with van der Waals surface area (Å²) in [5.41, 5.74) is -0.00941. The van der Waals surface area contributed by atoms with E-state index in [1.165, 1.54) is 6.07 Å². The highest BCUT2D eigenvalue weighted by atomic mass is 127. The molecular weight excluding hydrogens is 326 g/mol. The zero-order valence-electron chi connectivity index (χ0n) is 6.81. The normalized spacial score (nSPS) is 10.6. The minimum absolute atomic E-state index is 0.0594. The molecule has 0 amide bonds. The molecule has 0 saturated carbocycles. The van der Waals surface area contributed by atoms with Crippen LogP contribution in [0.2, 0.25) is 0 Å². The van der Waals surface area contributed by atoms with E-state index >= 15 is 0 Å². The third-order valence-corrected chi connectivity index (χ3v) is 2.71. The molecule has 0 N–H and O–H groups in total. The minimum Gasteiger partial charge on any atom is -0.296 e. The molecule has 0 radical (unpaired) electrons. The lowest BCUT2D eigenvalue weighted by Gasteiger charge is -2.07. The first-order valence-electron chi connectivity index (χ1n) is 3.58. The van der Waals surface area contributed by atoms with Gasteiger partial charge in [-0.05, 0) is 28.7 Å². The molecule has 2 nitrogen and oxygen atoms in total. The highest BCUT2D eigenvalue weighted by Crippen LogP contribution is 2.25. The lowest BCUT2D eigenvalue weighted by molar-refractivity contribution is 0.111. The second-order valence-corrected chi connectivity index (χ2v) is 3.87. The molecular formula is C8H5ClF2INO. The van der Waals surface area contributed by atoms with Gasteiger partial charge in [0, 0.05) is 9.13 Å². The maximum Gasteiger partial charge on any atom is 0.265 e. The van der Waals surface area contributed by atoms with Crippen molar-refractivity contribution in [2.75, 3.05) is 0 Å². The molecule has 0 aliphatic rings. The number of alkyl halides is 3. The topological polar surface area (TPSA) is 30.0 Å². The van der Waals surface area contributed by atoms with Gasteiger partial charge in [0.25, 0.3) is 6.43 Å². The van der Waals surface area contributed by atoms with Crippen molar-refractivity contribution in [1.82, 2.24) is 4.98 Å². The number of pyridine rings is 1. The van der Waals surface area contributed by atoms with Gasteiger partial charge in [-0.15, -0.1) is 11.6 Å². The van der Waals surface area contributed by atoms with Crippen LogP contribution in [-0.4, -0.2) is 11.3 Å². The number of hydrogen-bond donors (Lipinski definition) is 0. The molecule has 6 heteroatoms. The largest absolute Gasteiger partial charge is 0.296 e. The highest BCUT2D eigenvalue weighted by molar-refractivity contribution is 14.1. The Balaban J connectivity index is 3.31. The van der Waals surface area contributed by atoms with E-state index in [0.717, 1.165) is 0 Å². The number of rotatable bonds is 3. The van der Waals surface area contributed by atoms with Crippen LogP contribution in [0, 0.1) is 3.57 Å². The minimum atomic E-state index is -2.62. The molecule has 0 fully saturated rings. The third kappa shape index (κ3) is 2.38. The first-order valence-corrected chi connectivity index (χ1v) is 5.20. The van der Waals surface area contributed by atoms with Crippen molar-refractivity contribution >= 4 is 40.5 Å². The Kier molecular flexibility index (Phi) is 4.18. The lowest BCUT2D eigenvalue weighted by Crippen LogP contribution is -2.02. The second-order valence-electron chi connectivity index (χ2n) is 2.44. The van der Waals surface area contributed by atoms with Crippen LogP contribution in [0.4, 0.5) is 8.78 Å². The maximum atomic E-state index is 12.4. The molecule has 0 spiro atoms. The number of halogens is 4. The molecule has 0 unspecified atom stereocenters. The van der Waals surface area contributed by atoms with Crippen molar-refractivity contribution in [3.05, 3.63) is 26.6 Å². The standard InChI is InChI=1S/C8H5ClF2INO/c9-2-6-4(8(10)11)1-5(12)7(3-14)13-6/h1,3,8H,2H2. The fraction of sp³-hybridized carbons (Fsp3) is 0.250. The molecule has 1 rings (SSSR count). The van der Waals surface area contributed by atoms with Crippen LogP contribution < -0.4 is 0 Å². The van der Waals surface area contributed by atoms with Crippen molar-refractivity contribution in [1.29, 1.82) is 0 Å². The van der Waals surface area contributed by atoms with Gasteiger partial charge in [-0.1, -0.05) is 0 Å². The summed E-state index contributed by atoms with van der Waals surface area (Å²) in [6.45, 7) is 0. The highest BCUT2D eigenvalue weighted by Gasteiger charge is 2.16. The second kappa shape index (κ2) is 4.97. The van der Waals surface area contributed by atoms with Crippen molar-refractivity contribution in [2.45, 2.75) is 12.3 Å². The van der Waals surface area contributed by atoms with Crippen molar-refractivity contribution < 1.29 is 13.6 Å². The van der Waals surface area contributed by atoms with Gasteiger partial charge in [0.05, 0.1) is 11.6 Å². The van der Waals surface area contributed by atoms with E-state index < -0.39 is 6.43 Å². The summed E-state index contributed by atoms with van der Waals surface area (Å²) in [4.78, 5) is 14.2. The Labute approximate surface area is 97.8 Å². The summed E-state index contributed by atoms with van der Waals surface area (Å²) < 4.78 is 25.3. The summed E-state index contributed by atoms with van der Waals surface area (Å²) in [5.74, 6) is -0.128. The fourth-order valence-corrected chi connectivity index (χ4v) is 1.73. The Bertz CT molecular complexity index is 359. The molecule has 0 aromatic carbocycles. The summed E-state index contributed by atoms with van der Waals surface area (Å²) in [5, 5.41) is 0. The molecule has 1 aromatic heterocycles. The van der Waals surface area contributed by atoms with Gasteiger partial charge in [-0.3, -0.25) is 4.79 Å². The number of hydrogen-bond acceptors (Lipinski definition) is 2. The van der Waals surface area contributed by atoms with Gasteiger partial charge in [0.15, 0.2) is 6.29 Å². The van der Waals surface area contributed by atoms with Gasteiger partial charge in [0.2, 0.25) is 0 Å². The quantitative estimate of drug-likeness (QED) is 0.484. The van der Waals surface area contributed by atoms with E-state index in [0.29, 0.717) is 9.86 Å². The van der Waals surface area contributed by atoms with Gasteiger partial charge in [-0.25, -0.2) is 13.8 Å². The molecule has 0 aliphatic heterocycles. The van der Waals surface area contributed by atoms with Crippen LogP contribution in [0.3, 0.4) is 0 Å². The molecule has 1 aromatic rings. The SMILES string of the molecule is O=Cc1nc(CCl)c(C(F)F)cc1I. The average molecular weight is 331 g/mol. The molecule has 76 valence electrons. The van der Waals surface area contributed by atoms with Crippen LogP contribution in [0.1, 0.15) is 28.2 Å². The van der Waals surface area contributed by atoms with Crippen LogP contribution in [0.25, 0.3) is 0 Å². The summed E-state index contributed by atoms with van der Waals surface area (Å²) in [6.07, 6.45) is -2.10. The number of nitrogens with zero attached hydrogens (tertiary/aromatic N) is 1. The Hall–Kier alpha value is -0.300. The molecule has 0 aliphatic carbocycles. The van der Waals surface area contributed by atoms with Crippen molar-refractivity contribution in [2.24, 2.45) is 0 Å². The fourth-order valence-electron chi connectivity index (χ4n) is 0.936. The maximum absolute atomic E-state index is 12.4. The van der Waals surface area contributed by atoms with E-state index in [-0.39, 0.29) is 22.8 Å². The average Bonchev–Trinajstić information content (AvgIpc) is 2.17. The smallest absolute Gasteiger partial charge is 0.265 e. The van der Waals surface area contributed by atoms with Crippen LogP contribution in [0.5, 0.6) is 0 Å². The van der Waals surface area contributed by atoms with Gasteiger partial charge in [0.1, 0.15) is 5.69 Å². The monoisotopic (exact) mass is 331 g/mol. The number of aldehydes is 1. The molecule has 0 bridgehead atoms. The molecule has 0 atom stereocenters. The van der Waals surface area contributed by atoms with E-state index in [9.17, 15) is 13.6 Å². The molecule has 0 saturated heterocycles. The van der Waals surface area contributed by atoms with Gasteiger partial charge < -0.3 is 0 Å². The van der Waals surface area contributed by atoms with Crippen molar-refractivity contribution in [3.63, 3.8) is 0 Å². The molecule has 14 heavy (non-hydrogen) atoms. The van der Waals surface area contributed by atoms with Crippen LogP contribution >= 0.6 is 34.2 Å². The Morgan fingerprint density at radius 2 is 2.29 bits per heavy atom. The number of carbonyl (C=O) groups excluding carboxylic acids is 1. The zero-order chi connectivity index (χ0) is 10.7. The number of aromatic nitrogens is 1. The van der Waals surface area contributed by atoms with Gasteiger partial charge in [-0.2, -0.15) is 0 Å². The van der Waals surface area contributed by atoms with E-state index in [1.807, 2.05) is 0 Å². The van der Waals surface area contributed by atoms with E-state index in [1.54, 1.807) is 22.6 Å². The van der Waals surface area contributed by atoms with E-state index in [4.69, 9.17) is 11.6 Å². The predicted octanol–water partition coefficient (Wildman–Crippen LogP) is 3.18. The summed E-state index contributed by atoms with van der Waals surface area (Å²) in [7, 11) is 0. The van der Waals surface area contributed by atoms with Crippen LogP contribution in [-0.2, 0) is 5.88 Å². The van der Waals surface area contributed by atoms with Gasteiger partial charge >= 0.3 is 0 Å². The summed E-state index contributed by atoms with van der Waals surface area (Å²) >= 11 is 7.23. The first-order chi connectivity index (χ1) is 6.60. The third-order valence-electron chi connectivity index (χ3n) is 1.59. The summed E-state index contributed by atoms with van der Waals surface area (Å²) in [6, 6.07) is 1.24. The van der Waals surface area contributed by atoms with Crippen LogP contribution in [0.15, 0.2) is 6.07 Å². The Morgan fingerprint density at radius 3 is 2.71 bits per heavy atom.